The van der Waals surface area contributed by atoms with Crippen molar-refractivity contribution >= 4 is 0 Å². The summed E-state index contributed by atoms with van der Waals surface area (Å²) < 4.78 is 0. The van der Waals surface area contributed by atoms with Crippen molar-refractivity contribution in [1.29, 1.82) is 0 Å². The van der Waals surface area contributed by atoms with Crippen LogP contribution in [0.3, 0.4) is 0 Å². The van der Waals surface area contributed by atoms with Gasteiger partial charge in [0.2, 0.25) is 0 Å². The van der Waals surface area contributed by atoms with Crippen LogP contribution >= 0.6 is 0 Å². The van der Waals surface area contributed by atoms with E-state index in [0.29, 0.717) is 12.1 Å². The lowest BCUT2D eigenvalue weighted by atomic mass is 9.90. The number of hydrogen-bond acceptors (Lipinski definition) is 2. The van der Waals surface area contributed by atoms with Gasteiger partial charge in [-0.25, -0.2) is 0 Å². The number of nitrogens with zero attached hydrogens (tertiary/aromatic N) is 1. The summed E-state index contributed by atoms with van der Waals surface area (Å²) >= 11 is 0. The third-order valence-corrected chi connectivity index (χ3v) is 3.70. The highest BCUT2D eigenvalue weighted by Crippen LogP contribution is 2.40. The van der Waals surface area contributed by atoms with Gasteiger partial charge < -0.3 is 5.73 Å². The van der Waals surface area contributed by atoms with E-state index >= 15 is 0 Å². The molecule has 2 fully saturated rings. The Hall–Kier alpha value is -0.860. The lowest BCUT2D eigenvalue weighted by Gasteiger charge is -2.30. The third-order valence-electron chi connectivity index (χ3n) is 3.70. The van der Waals surface area contributed by atoms with Crippen LogP contribution in [0.5, 0.6) is 0 Å². The molecule has 2 saturated heterocycles. The Morgan fingerprint density at radius 3 is 2.64 bits per heavy atom. The minimum absolute atomic E-state index is 0.353. The molecule has 0 amide bonds. The summed E-state index contributed by atoms with van der Waals surface area (Å²) in [7, 11) is 0. The molecule has 0 aliphatic carbocycles. The lowest BCUT2D eigenvalue weighted by molar-refractivity contribution is 0.243. The molecule has 0 radical (unpaired) electrons. The molecule has 74 valence electrons. The van der Waals surface area contributed by atoms with Crippen LogP contribution in [0.15, 0.2) is 30.3 Å². The Bertz CT molecular complexity index is 320. The quantitative estimate of drug-likeness (QED) is 0.721. The van der Waals surface area contributed by atoms with E-state index in [4.69, 9.17) is 5.73 Å². The maximum absolute atomic E-state index is 6.25. The topological polar surface area (TPSA) is 29.3 Å². The van der Waals surface area contributed by atoms with Crippen molar-refractivity contribution in [1.82, 2.24) is 4.90 Å². The molecular formula is C12H16N2. The Morgan fingerprint density at radius 2 is 2.00 bits per heavy atom. The monoisotopic (exact) mass is 188 g/mol. The van der Waals surface area contributed by atoms with Crippen molar-refractivity contribution in [2.24, 2.45) is 11.7 Å². The Labute approximate surface area is 84.7 Å². The molecule has 2 aliphatic rings. The van der Waals surface area contributed by atoms with Gasteiger partial charge in [0.25, 0.3) is 0 Å². The first-order valence-corrected chi connectivity index (χ1v) is 5.41. The van der Waals surface area contributed by atoms with Crippen molar-refractivity contribution in [2.45, 2.75) is 18.5 Å². The molecule has 2 heterocycles. The fourth-order valence-electron chi connectivity index (χ4n) is 2.97. The molecule has 2 aliphatic heterocycles. The maximum atomic E-state index is 6.25. The van der Waals surface area contributed by atoms with Crippen LogP contribution in [0.2, 0.25) is 0 Å². The van der Waals surface area contributed by atoms with E-state index in [0.717, 1.165) is 5.92 Å². The van der Waals surface area contributed by atoms with Gasteiger partial charge in [-0.1, -0.05) is 30.3 Å². The highest BCUT2D eigenvalue weighted by Gasteiger charge is 2.44. The fraction of sp³-hybridized carbons (Fsp3) is 0.500. The molecule has 4 atom stereocenters. The third kappa shape index (κ3) is 1.11. The minimum Gasteiger partial charge on any atom is -0.326 e. The number of piperidine rings is 1. The Morgan fingerprint density at radius 1 is 1.21 bits per heavy atom. The molecule has 1 aromatic rings. The van der Waals surface area contributed by atoms with E-state index < -0.39 is 0 Å². The molecular weight excluding hydrogens is 172 g/mol. The summed E-state index contributed by atoms with van der Waals surface area (Å²) in [5.41, 5.74) is 7.65. The second-order valence-corrected chi connectivity index (χ2v) is 4.48. The van der Waals surface area contributed by atoms with E-state index in [1.807, 2.05) is 0 Å². The van der Waals surface area contributed by atoms with E-state index in [2.05, 4.69) is 35.2 Å². The van der Waals surface area contributed by atoms with Gasteiger partial charge in [0.05, 0.1) is 6.04 Å². The van der Waals surface area contributed by atoms with E-state index in [1.165, 1.54) is 25.1 Å². The van der Waals surface area contributed by atoms with Crippen LogP contribution in [0.4, 0.5) is 0 Å². The summed E-state index contributed by atoms with van der Waals surface area (Å²) in [6.45, 7) is 2.44. The highest BCUT2D eigenvalue weighted by atomic mass is 15.2. The van der Waals surface area contributed by atoms with Crippen LogP contribution in [-0.4, -0.2) is 24.0 Å². The van der Waals surface area contributed by atoms with Gasteiger partial charge in [-0.15, -0.1) is 0 Å². The van der Waals surface area contributed by atoms with Gasteiger partial charge in [-0.3, -0.25) is 4.90 Å². The van der Waals surface area contributed by atoms with Crippen molar-refractivity contribution in [3.63, 3.8) is 0 Å². The first-order chi connectivity index (χ1) is 6.86. The van der Waals surface area contributed by atoms with Crippen LogP contribution < -0.4 is 5.73 Å². The molecule has 2 heteroatoms. The van der Waals surface area contributed by atoms with Crippen molar-refractivity contribution < 1.29 is 0 Å². The predicted octanol–water partition coefficient (Wildman–Crippen LogP) is 1.39. The average Bonchev–Trinajstić information content (AvgIpc) is 2.79. The van der Waals surface area contributed by atoms with Crippen molar-refractivity contribution in [3.8, 4) is 0 Å². The van der Waals surface area contributed by atoms with Gasteiger partial charge in [0.15, 0.2) is 0 Å². The molecule has 2 bridgehead atoms. The first-order valence-electron chi connectivity index (χ1n) is 5.41. The molecule has 0 spiro atoms. The van der Waals surface area contributed by atoms with Crippen LogP contribution in [0, 0.1) is 5.92 Å². The molecule has 3 rings (SSSR count). The number of hydrogen-bond donors (Lipinski definition) is 1. The zero-order valence-electron chi connectivity index (χ0n) is 8.26. The van der Waals surface area contributed by atoms with Gasteiger partial charge in [-0.05, 0) is 24.4 Å². The van der Waals surface area contributed by atoms with E-state index in [-0.39, 0.29) is 0 Å². The molecule has 1 unspecified atom stereocenters. The lowest BCUT2D eigenvalue weighted by Crippen LogP contribution is -2.38. The van der Waals surface area contributed by atoms with Gasteiger partial charge >= 0.3 is 0 Å². The zero-order chi connectivity index (χ0) is 9.54. The smallest absolute Gasteiger partial charge is 0.0502 e. The first kappa shape index (κ1) is 8.45. The van der Waals surface area contributed by atoms with Crippen LogP contribution in [0.25, 0.3) is 0 Å². The largest absolute Gasteiger partial charge is 0.326 e. The predicted molar refractivity (Wildman–Crippen MR) is 56.8 cm³/mol. The number of rotatable bonds is 1. The summed E-state index contributed by atoms with van der Waals surface area (Å²) in [6, 6.07) is 11.5. The van der Waals surface area contributed by atoms with Gasteiger partial charge in [0.1, 0.15) is 0 Å². The van der Waals surface area contributed by atoms with Crippen LogP contribution in [-0.2, 0) is 0 Å². The number of fused-ring (bicyclic) bond motifs is 2. The minimum atomic E-state index is 0.353. The maximum Gasteiger partial charge on any atom is 0.0502 e. The molecule has 0 aromatic heterocycles. The fourth-order valence-corrected chi connectivity index (χ4v) is 2.97. The number of nitrogens with two attached hydrogens (primary N) is 1. The summed E-state index contributed by atoms with van der Waals surface area (Å²) in [5.74, 6) is 0.736. The Balaban J connectivity index is 1.93. The molecule has 1 aromatic carbocycles. The van der Waals surface area contributed by atoms with Gasteiger partial charge in [0, 0.05) is 12.6 Å². The summed E-state index contributed by atoms with van der Waals surface area (Å²) in [6.07, 6.45) is 1.30. The van der Waals surface area contributed by atoms with Crippen LogP contribution in [0.1, 0.15) is 18.0 Å². The van der Waals surface area contributed by atoms with E-state index in [1.54, 1.807) is 0 Å². The highest BCUT2D eigenvalue weighted by molar-refractivity contribution is 5.24. The molecule has 0 saturated carbocycles. The summed E-state index contributed by atoms with van der Waals surface area (Å²) in [4.78, 5) is 2.53. The summed E-state index contributed by atoms with van der Waals surface area (Å²) in [5, 5.41) is 0. The van der Waals surface area contributed by atoms with Crippen molar-refractivity contribution in [2.75, 3.05) is 13.1 Å². The standard InChI is InChI=1S/C12H16N2/c13-11-10-6-7-14(8-10)12(11)9-4-2-1-3-5-9/h1-5,10-12H,6-8,13H2/t10-,11-,12+/m0/s1. The van der Waals surface area contributed by atoms with Crippen molar-refractivity contribution in [3.05, 3.63) is 35.9 Å². The second-order valence-electron chi connectivity index (χ2n) is 4.48. The second kappa shape index (κ2) is 3.07. The normalized spacial score (nSPS) is 40.4. The van der Waals surface area contributed by atoms with Gasteiger partial charge in [-0.2, -0.15) is 0 Å². The molecule has 2 N–H and O–H groups in total. The molecule has 14 heavy (non-hydrogen) atoms. The molecule has 2 nitrogen and oxygen atoms in total. The SMILES string of the molecule is N[C@H]1[C@H]2CCN(C2)[C@@H]1c1ccccc1. The zero-order valence-corrected chi connectivity index (χ0v) is 8.26. The number of benzene rings is 1. The Kier molecular flexibility index (Phi) is 1.85. The van der Waals surface area contributed by atoms with E-state index in [9.17, 15) is 0 Å². The average molecular weight is 188 g/mol.